The molecule has 3 heteroatoms. The smallest absolute Gasteiger partial charge is 0.0956 e. The van der Waals surface area contributed by atoms with Crippen LogP contribution in [0.1, 0.15) is 13.8 Å². The molecule has 1 N–H and O–H groups in total. The molecule has 0 bridgehead atoms. The van der Waals surface area contributed by atoms with Gasteiger partial charge in [0.1, 0.15) is 0 Å². The number of carbonyl (C=O) groups excluding carboxylic acids is 1. The van der Waals surface area contributed by atoms with Crippen LogP contribution in [0.15, 0.2) is 0 Å². The molecule has 0 saturated heterocycles. The van der Waals surface area contributed by atoms with Crippen molar-refractivity contribution in [1.29, 1.82) is 0 Å². The van der Waals surface area contributed by atoms with Crippen molar-refractivity contribution in [2.45, 2.75) is 20.0 Å². The highest BCUT2D eigenvalue weighted by Gasteiger charge is 2.08. The summed E-state index contributed by atoms with van der Waals surface area (Å²) in [7, 11) is 0. The number of carboxylic acid groups (broad SMARTS) is 1. The first-order chi connectivity index (χ1) is 3.55. The lowest BCUT2D eigenvalue weighted by Gasteiger charge is -2.13. The Bertz CT molecular complexity index is 87.7. The van der Waals surface area contributed by atoms with Crippen molar-refractivity contribution in [3.8, 4) is 0 Å². The topological polar surface area (TPSA) is 60.4 Å². The zero-order valence-electron chi connectivity index (χ0n) is 4.92. The molecule has 48 valence electrons. The van der Waals surface area contributed by atoms with Gasteiger partial charge in [0.25, 0.3) is 0 Å². The standard InChI is InChI=1S/C5H10O3/c1-3(2)4(6)5(7)8/h3-4,6H,1-2H3,(H,7,8)/p-1. The zero-order chi connectivity index (χ0) is 6.73. The van der Waals surface area contributed by atoms with E-state index in [1.165, 1.54) is 0 Å². The average Bonchev–Trinajstić information content (AvgIpc) is 1.64. The van der Waals surface area contributed by atoms with E-state index in [4.69, 9.17) is 5.11 Å². The van der Waals surface area contributed by atoms with Gasteiger partial charge < -0.3 is 15.0 Å². The van der Waals surface area contributed by atoms with Crippen LogP contribution in [0.25, 0.3) is 0 Å². The number of carboxylic acids is 1. The van der Waals surface area contributed by atoms with Gasteiger partial charge in [-0.05, 0) is 5.92 Å². The minimum atomic E-state index is -1.40. The van der Waals surface area contributed by atoms with E-state index < -0.39 is 12.1 Å². The van der Waals surface area contributed by atoms with E-state index in [1.807, 2.05) is 0 Å². The number of hydrogen-bond donors (Lipinski definition) is 1. The molecule has 1 atom stereocenters. The van der Waals surface area contributed by atoms with Crippen LogP contribution in [0.5, 0.6) is 0 Å². The SMILES string of the molecule is CC(C)C(O)C(=O)[O-]. The number of rotatable bonds is 2. The van der Waals surface area contributed by atoms with Crippen molar-refractivity contribution < 1.29 is 15.0 Å². The molecule has 0 fully saturated rings. The molecule has 8 heavy (non-hydrogen) atoms. The van der Waals surface area contributed by atoms with Gasteiger partial charge in [-0.25, -0.2) is 0 Å². The summed E-state index contributed by atoms with van der Waals surface area (Å²) in [4.78, 5) is 9.78. The maximum atomic E-state index is 9.78. The largest absolute Gasteiger partial charge is 0.547 e. The third-order valence-corrected chi connectivity index (χ3v) is 0.873. The third kappa shape index (κ3) is 1.93. The summed E-state index contributed by atoms with van der Waals surface area (Å²) in [6.45, 7) is 3.22. The fourth-order valence-corrected chi connectivity index (χ4v) is 0.272. The maximum Gasteiger partial charge on any atom is 0.0956 e. The normalized spacial score (nSPS) is 14.0. The third-order valence-electron chi connectivity index (χ3n) is 0.873. The van der Waals surface area contributed by atoms with Crippen molar-refractivity contribution in [2.24, 2.45) is 5.92 Å². The Labute approximate surface area is 47.9 Å². The van der Waals surface area contributed by atoms with Crippen LogP contribution in [-0.2, 0) is 4.79 Å². The van der Waals surface area contributed by atoms with Gasteiger partial charge in [-0.3, -0.25) is 0 Å². The van der Waals surface area contributed by atoms with Crippen LogP contribution in [0, 0.1) is 5.92 Å². The second kappa shape index (κ2) is 2.67. The molecule has 0 spiro atoms. The highest BCUT2D eigenvalue weighted by Crippen LogP contribution is 1.97. The fourth-order valence-electron chi connectivity index (χ4n) is 0.272. The van der Waals surface area contributed by atoms with Crippen molar-refractivity contribution in [3.63, 3.8) is 0 Å². The molecule has 3 nitrogen and oxygen atoms in total. The first-order valence-electron chi connectivity index (χ1n) is 2.44. The summed E-state index contributed by atoms with van der Waals surface area (Å²) in [6.07, 6.45) is -1.32. The Morgan fingerprint density at radius 1 is 1.62 bits per heavy atom. The molecule has 0 aliphatic heterocycles. The first kappa shape index (κ1) is 7.43. The number of hydrogen-bond acceptors (Lipinski definition) is 3. The van der Waals surface area contributed by atoms with E-state index in [1.54, 1.807) is 13.8 Å². The quantitative estimate of drug-likeness (QED) is 0.491. The monoisotopic (exact) mass is 117 g/mol. The van der Waals surface area contributed by atoms with E-state index >= 15 is 0 Å². The van der Waals surface area contributed by atoms with Crippen molar-refractivity contribution in [1.82, 2.24) is 0 Å². The van der Waals surface area contributed by atoms with Gasteiger partial charge in [-0.2, -0.15) is 0 Å². The molecule has 0 heterocycles. The Morgan fingerprint density at radius 2 is 2.00 bits per heavy atom. The minimum Gasteiger partial charge on any atom is -0.547 e. The van der Waals surface area contributed by atoms with Gasteiger partial charge in [-0.15, -0.1) is 0 Å². The molecule has 0 amide bonds. The average molecular weight is 117 g/mol. The summed E-state index contributed by atoms with van der Waals surface area (Å²) in [5, 5.41) is 18.3. The predicted molar refractivity (Wildman–Crippen MR) is 25.9 cm³/mol. The molecular weight excluding hydrogens is 108 g/mol. The molecule has 0 aliphatic carbocycles. The summed E-state index contributed by atoms with van der Waals surface area (Å²) in [5.41, 5.74) is 0. The van der Waals surface area contributed by atoms with Gasteiger partial charge in [0.05, 0.1) is 12.1 Å². The molecule has 0 rings (SSSR count). The second-order valence-electron chi connectivity index (χ2n) is 2.01. The van der Waals surface area contributed by atoms with Crippen molar-refractivity contribution in [2.75, 3.05) is 0 Å². The number of aliphatic hydroxyl groups is 1. The zero-order valence-corrected chi connectivity index (χ0v) is 4.92. The van der Waals surface area contributed by atoms with Gasteiger partial charge in [0.15, 0.2) is 0 Å². The predicted octanol–water partition coefficient (Wildman–Crippen LogP) is -1.25. The molecule has 1 unspecified atom stereocenters. The summed E-state index contributed by atoms with van der Waals surface area (Å²) >= 11 is 0. The van der Waals surface area contributed by atoms with Crippen LogP contribution >= 0.6 is 0 Å². The molecule has 0 aromatic heterocycles. The molecule has 0 aromatic rings. The van der Waals surface area contributed by atoms with Gasteiger partial charge in [0, 0.05) is 0 Å². The van der Waals surface area contributed by atoms with E-state index in [9.17, 15) is 9.90 Å². The highest BCUT2D eigenvalue weighted by atomic mass is 16.4. The van der Waals surface area contributed by atoms with Crippen LogP contribution in [0.3, 0.4) is 0 Å². The Morgan fingerprint density at radius 3 is 2.00 bits per heavy atom. The van der Waals surface area contributed by atoms with Gasteiger partial charge >= 0.3 is 0 Å². The van der Waals surface area contributed by atoms with Gasteiger partial charge in [0.2, 0.25) is 0 Å². The highest BCUT2D eigenvalue weighted by molar-refractivity contribution is 5.69. The lowest BCUT2D eigenvalue weighted by atomic mass is 10.1. The molecular formula is C5H9O3-. The summed E-state index contributed by atoms with van der Waals surface area (Å²) in [5.74, 6) is -1.67. The lowest BCUT2D eigenvalue weighted by Crippen LogP contribution is -2.38. The number of carbonyl (C=O) groups is 1. The minimum absolute atomic E-state index is 0.264. The lowest BCUT2D eigenvalue weighted by molar-refractivity contribution is -0.316. The fraction of sp³-hybridized carbons (Fsp3) is 0.800. The maximum absolute atomic E-state index is 9.78. The Kier molecular flexibility index (Phi) is 2.48. The molecule has 0 radical (unpaired) electrons. The van der Waals surface area contributed by atoms with Crippen molar-refractivity contribution >= 4 is 5.97 Å². The van der Waals surface area contributed by atoms with Crippen LogP contribution in [0.4, 0.5) is 0 Å². The number of aliphatic hydroxyl groups excluding tert-OH is 1. The van der Waals surface area contributed by atoms with Crippen molar-refractivity contribution in [3.05, 3.63) is 0 Å². The van der Waals surface area contributed by atoms with Gasteiger partial charge in [-0.1, -0.05) is 13.8 Å². The van der Waals surface area contributed by atoms with E-state index in [0.717, 1.165) is 0 Å². The Balaban J connectivity index is 3.64. The first-order valence-corrected chi connectivity index (χ1v) is 2.44. The molecule has 0 aliphatic rings. The molecule has 0 aromatic carbocycles. The van der Waals surface area contributed by atoms with Crippen LogP contribution < -0.4 is 5.11 Å². The van der Waals surface area contributed by atoms with Crippen LogP contribution in [-0.4, -0.2) is 17.2 Å². The second-order valence-corrected chi connectivity index (χ2v) is 2.01. The summed E-state index contributed by atoms with van der Waals surface area (Å²) in [6, 6.07) is 0. The molecule has 0 saturated carbocycles. The van der Waals surface area contributed by atoms with E-state index in [2.05, 4.69) is 0 Å². The van der Waals surface area contributed by atoms with E-state index in [-0.39, 0.29) is 5.92 Å². The summed E-state index contributed by atoms with van der Waals surface area (Å²) < 4.78 is 0. The Hall–Kier alpha value is -0.570. The number of aliphatic carboxylic acids is 1. The van der Waals surface area contributed by atoms with Crippen LogP contribution in [0.2, 0.25) is 0 Å². The van der Waals surface area contributed by atoms with E-state index in [0.29, 0.717) is 0 Å².